The van der Waals surface area contributed by atoms with Gasteiger partial charge in [0, 0.05) is 0 Å². The minimum Gasteiger partial charge on any atom is -0.492 e. The van der Waals surface area contributed by atoms with E-state index in [0.29, 0.717) is 11.4 Å². The Kier molecular flexibility index (Phi) is 4.01. The van der Waals surface area contributed by atoms with Gasteiger partial charge in [-0.3, -0.25) is 4.79 Å². The van der Waals surface area contributed by atoms with Crippen molar-refractivity contribution in [2.45, 2.75) is 6.18 Å². The maximum absolute atomic E-state index is 12.7. The first-order valence-corrected chi connectivity index (χ1v) is 7.24. The Bertz CT molecular complexity index is 896. The normalized spacial score (nSPS) is 16.0. The number of nitrogens with one attached hydrogen (secondary N) is 2. The molecular formula is C16H13F3N4O3. The zero-order chi connectivity index (χ0) is 17.8. The molecule has 4 rings (SSSR count). The van der Waals surface area contributed by atoms with E-state index < -0.39 is 23.5 Å². The molecule has 0 unspecified atom stereocenters. The van der Waals surface area contributed by atoms with Crippen LogP contribution in [-0.2, 0) is 11.0 Å². The van der Waals surface area contributed by atoms with Gasteiger partial charge in [0.15, 0.2) is 5.70 Å². The van der Waals surface area contributed by atoms with Gasteiger partial charge in [-0.05, 0) is 36.4 Å². The van der Waals surface area contributed by atoms with E-state index in [0.717, 1.165) is 17.1 Å². The van der Waals surface area contributed by atoms with E-state index in [1.807, 2.05) is 0 Å². The van der Waals surface area contributed by atoms with Crippen molar-refractivity contribution in [1.82, 2.24) is 5.53 Å². The molecule has 0 fully saturated rings. The summed E-state index contributed by atoms with van der Waals surface area (Å²) in [6.45, 7) is 0. The van der Waals surface area contributed by atoms with Crippen molar-refractivity contribution >= 4 is 23.0 Å². The minimum atomic E-state index is -4.45. The van der Waals surface area contributed by atoms with Crippen LogP contribution in [0, 0.1) is 0 Å². The van der Waals surface area contributed by atoms with Gasteiger partial charge in [0.2, 0.25) is 5.88 Å². The Morgan fingerprint density at radius 3 is 2.27 bits per heavy atom. The van der Waals surface area contributed by atoms with Gasteiger partial charge in [-0.2, -0.15) is 13.2 Å². The van der Waals surface area contributed by atoms with E-state index in [2.05, 4.69) is 10.9 Å². The van der Waals surface area contributed by atoms with Crippen molar-refractivity contribution in [3.63, 3.8) is 0 Å². The molecule has 136 valence electrons. The van der Waals surface area contributed by atoms with Crippen LogP contribution in [0.1, 0.15) is 5.56 Å². The second-order valence-electron chi connectivity index (χ2n) is 5.46. The van der Waals surface area contributed by atoms with Gasteiger partial charge in [0.05, 0.1) is 22.6 Å². The number of rotatable bonds is 1. The van der Waals surface area contributed by atoms with Crippen LogP contribution in [0.15, 0.2) is 60.1 Å². The predicted octanol–water partition coefficient (Wildman–Crippen LogP) is 2.31. The smallest absolute Gasteiger partial charge is 0.416 e. The molecule has 2 aliphatic rings. The molecule has 2 aliphatic heterocycles. The second-order valence-corrected chi connectivity index (χ2v) is 5.46. The Balaban J connectivity index is 0.00000196. The summed E-state index contributed by atoms with van der Waals surface area (Å²) in [7, 11) is 0. The van der Waals surface area contributed by atoms with Crippen LogP contribution in [0.25, 0.3) is 0 Å². The number of halogens is 3. The lowest BCUT2D eigenvalue weighted by Gasteiger charge is -2.28. The number of para-hydroxylation sites is 2. The van der Waals surface area contributed by atoms with Crippen molar-refractivity contribution in [2.75, 3.05) is 15.3 Å². The fraction of sp³-hybridized carbons (Fsp3) is 0.0625. The topological polar surface area (TPSA) is 99.3 Å². The number of carbonyl (C=O) groups is 1. The zero-order valence-electron chi connectivity index (χ0n) is 13.0. The van der Waals surface area contributed by atoms with Crippen LogP contribution in [0.2, 0.25) is 0 Å². The third-order valence-electron chi connectivity index (χ3n) is 3.91. The highest BCUT2D eigenvalue weighted by atomic mass is 19.4. The lowest BCUT2D eigenvalue weighted by Crippen LogP contribution is -2.45. The number of alkyl halides is 3. The van der Waals surface area contributed by atoms with E-state index in [1.54, 1.807) is 24.3 Å². The van der Waals surface area contributed by atoms with Gasteiger partial charge in [0.1, 0.15) is 0 Å². The average molecular weight is 366 g/mol. The lowest BCUT2D eigenvalue weighted by molar-refractivity contribution is -0.137. The minimum absolute atomic E-state index is 0. The van der Waals surface area contributed by atoms with Gasteiger partial charge in [0.25, 0.3) is 5.91 Å². The number of amides is 1. The summed E-state index contributed by atoms with van der Waals surface area (Å²) >= 11 is 0. The van der Waals surface area contributed by atoms with Crippen LogP contribution >= 0.6 is 0 Å². The molecule has 2 heterocycles. The summed E-state index contributed by atoms with van der Waals surface area (Å²) in [5.41, 5.74) is 3.35. The number of fused-ring (bicyclic) bond motifs is 3. The van der Waals surface area contributed by atoms with E-state index in [1.165, 1.54) is 17.1 Å². The van der Waals surface area contributed by atoms with Crippen LogP contribution in [0.5, 0.6) is 0 Å². The van der Waals surface area contributed by atoms with E-state index >= 15 is 0 Å². The molecule has 0 aromatic heterocycles. The van der Waals surface area contributed by atoms with Crippen LogP contribution in [0.3, 0.4) is 0 Å². The molecule has 2 aromatic carbocycles. The van der Waals surface area contributed by atoms with Gasteiger partial charge in [-0.25, -0.2) is 10.0 Å². The number of hydrogen-bond donors (Lipinski definition) is 3. The molecule has 0 saturated carbocycles. The van der Waals surface area contributed by atoms with Crippen LogP contribution < -0.4 is 20.9 Å². The summed E-state index contributed by atoms with van der Waals surface area (Å²) < 4.78 is 38.0. The first kappa shape index (κ1) is 17.6. The molecule has 0 radical (unpaired) electrons. The monoisotopic (exact) mass is 366 g/mol. The average Bonchev–Trinajstić information content (AvgIpc) is 2.93. The fourth-order valence-electron chi connectivity index (χ4n) is 2.72. The van der Waals surface area contributed by atoms with Gasteiger partial charge < -0.3 is 15.9 Å². The molecule has 7 nitrogen and oxygen atoms in total. The summed E-state index contributed by atoms with van der Waals surface area (Å²) in [6, 6.07) is 11.1. The van der Waals surface area contributed by atoms with Crippen LogP contribution in [-0.4, -0.2) is 16.5 Å². The number of benzene rings is 2. The Morgan fingerprint density at radius 1 is 0.962 bits per heavy atom. The largest absolute Gasteiger partial charge is 0.492 e. The van der Waals surface area contributed by atoms with Crippen LogP contribution in [0.4, 0.5) is 30.2 Å². The highest BCUT2D eigenvalue weighted by molar-refractivity contribution is 6.12. The number of aliphatic hydroxyl groups excluding tert-OH is 1. The maximum atomic E-state index is 12.7. The van der Waals surface area contributed by atoms with Gasteiger partial charge >= 0.3 is 6.18 Å². The van der Waals surface area contributed by atoms with Crippen molar-refractivity contribution in [2.24, 2.45) is 0 Å². The quantitative estimate of drug-likeness (QED) is 0.719. The van der Waals surface area contributed by atoms with Gasteiger partial charge in [-0.15, -0.1) is 5.53 Å². The molecule has 0 spiro atoms. The molecular weight excluding hydrogens is 353 g/mol. The number of aliphatic hydroxyl groups is 1. The first-order chi connectivity index (χ1) is 11.9. The number of anilines is 3. The first-order valence-electron chi connectivity index (χ1n) is 7.24. The summed E-state index contributed by atoms with van der Waals surface area (Å²) in [5, 5.41) is 15.5. The number of hydrogen-bond acceptors (Lipinski definition) is 5. The number of carbonyl (C=O) groups excluding carboxylic acids is 1. The third kappa shape index (κ3) is 2.61. The Labute approximate surface area is 145 Å². The molecule has 0 aliphatic carbocycles. The zero-order valence-corrected chi connectivity index (χ0v) is 13.0. The van der Waals surface area contributed by atoms with Crippen molar-refractivity contribution < 1.29 is 28.5 Å². The Hall–Kier alpha value is -3.24. The molecule has 0 atom stereocenters. The summed E-state index contributed by atoms with van der Waals surface area (Å²) in [6.07, 6.45) is -4.45. The molecule has 26 heavy (non-hydrogen) atoms. The molecule has 5 N–H and O–H groups in total. The molecule has 10 heteroatoms. The third-order valence-corrected chi connectivity index (χ3v) is 3.91. The lowest BCUT2D eigenvalue weighted by atomic mass is 10.2. The number of hydrazine groups is 2. The van der Waals surface area contributed by atoms with E-state index in [4.69, 9.17) is 0 Å². The molecule has 2 aromatic rings. The summed E-state index contributed by atoms with van der Waals surface area (Å²) in [4.78, 5) is 12.2. The number of nitrogens with zero attached hydrogens (tertiary/aromatic N) is 2. The molecule has 0 saturated heterocycles. The van der Waals surface area contributed by atoms with Crippen molar-refractivity contribution in [3.05, 3.63) is 65.7 Å². The summed E-state index contributed by atoms with van der Waals surface area (Å²) in [5.74, 6) is -0.940. The fourth-order valence-corrected chi connectivity index (χ4v) is 2.72. The van der Waals surface area contributed by atoms with Crippen molar-refractivity contribution in [1.29, 1.82) is 0 Å². The maximum Gasteiger partial charge on any atom is 0.416 e. The van der Waals surface area contributed by atoms with Gasteiger partial charge in [-0.1, -0.05) is 12.1 Å². The highest BCUT2D eigenvalue weighted by Crippen LogP contribution is 2.38. The standard InChI is InChI=1S/C16H11F3N4O2.H2O/c17-16(18,19)9-5-7-10(8-6-9)22-15(25)13-14(24)20-11-3-1-2-4-12(11)23(13)21-22;/h1-8,21,25H,(H,20,24);1H2. The second kappa shape index (κ2) is 5.93. The SMILES string of the molecule is O.O=C1Nc2ccccc2N2NN(c3ccc(C(F)(F)F)cc3)C(O)=C12. The molecule has 0 bridgehead atoms. The van der Waals surface area contributed by atoms with Crippen molar-refractivity contribution in [3.8, 4) is 0 Å². The highest BCUT2D eigenvalue weighted by Gasteiger charge is 2.40. The predicted molar refractivity (Wildman–Crippen MR) is 87.9 cm³/mol. The Morgan fingerprint density at radius 2 is 1.62 bits per heavy atom. The van der Waals surface area contributed by atoms with E-state index in [-0.39, 0.29) is 16.9 Å². The molecule has 1 amide bonds. The van der Waals surface area contributed by atoms with E-state index in [9.17, 15) is 23.1 Å².